The van der Waals surface area contributed by atoms with Crippen molar-refractivity contribution in [1.82, 2.24) is 5.32 Å². The van der Waals surface area contributed by atoms with E-state index in [0.717, 1.165) is 0 Å². The molecule has 1 aromatic carbocycles. The van der Waals surface area contributed by atoms with Gasteiger partial charge in [-0.15, -0.1) is 0 Å². The average Bonchev–Trinajstić information content (AvgIpc) is 2.06. The zero-order valence-corrected chi connectivity index (χ0v) is 11.2. The van der Waals surface area contributed by atoms with Crippen molar-refractivity contribution in [3.05, 3.63) is 34.1 Å². The first-order chi connectivity index (χ1) is 6.81. The van der Waals surface area contributed by atoms with E-state index in [0.29, 0.717) is 10.0 Å². The summed E-state index contributed by atoms with van der Waals surface area (Å²) in [5, 5.41) is 3.34. The van der Waals surface area contributed by atoms with E-state index in [1.54, 1.807) is 6.07 Å². The van der Waals surface area contributed by atoms with Crippen molar-refractivity contribution in [3.8, 4) is 0 Å². The summed E-state index contributed by atoms with van der Waals surface area (Å²) in [6.45, 7) is 8.17. The van der Waals surface area contributed by atoms with Crippen LogP contribution in [0.15, 0.2) is 22.7 Å². The van der Waals surface area contributed by atoms with Crippen molar-refractivity contribution in [1.29, 1.82) is 0 Å². The van der Waals surface area contributed by atoms with E-state index in [9.17, 15) is 4.39 Å². The Kier molecular flexibility index (Phi) is 3.90. The van der Waals surface area contributed by atoms with Gasteiger partial charge in [0.1, 0.15) is 5.82 Å². The number of nitrogens with one attached hydrogen (secondary N) is 1. The lowest BCUT2D eigenvalue weighted by molar-refractivity contribution is 0.371. The molecule has 3 heteroatoms. The molecule has 1 N–H and O–H groups in total. The number of rotatable bonds is 2. The third-order valence-electron chi connectivity index (χ3n) is 2.10. The molecule has 0 radical (unpaired) electrons. The third-order valence-corrected chi connectivity index (χ3v) is 2.71. The zero-order valence-electron chi connectivity index (χ0n) is 9.57. The fourth-order valence-electron chi connectivity index (χ4n) is 1.58. The Morgan fingerprint density at radius 2 is 1.93 bits per heavy atom. The van der Waals surface area contributed by atoms with Crippen LogP contribution in [0.1, 0.15) is 39.3 Å². The predicted octanol–water partition coefficient (Wildman–Crippen LogP) is 4.04. The van der Waals surface area contributed by atoms with Gasteiger partial charge in [0.25, 0.3) is 0 Å². The topological polar surface area (TPSA) is 12.0 Å². The summed E-state index contributed by atoms with van der Waals surface area (Å²) < 4.78 is 14.3. The van der Waals surface area contributed by atoms with Crippen LogP contribution < -0.4 is 5.32 Å². The Morgan fingerprint density at radius 3 is 2.47 bits per heavy atom. The first-order valence-corrected chi connectivity index (χ1v) is 5.82. The van der Waals surface area contributed by atoms with E-state index in [2.05, 4.69) is 42.0 Å². The maximum Gasteiger partial charge on any atom is 0.142 e. The molecule has 0 aliphatic heterocycles. The quantitative estimate of drug-likeness (QED) is 0.858. The Hall–Kier alpha value is -0.410. The number of hydrogen-bond acceptors (Lipinski definition) is 1. The first-order valence-electron chi connectivity index (χ1n) is 5.03. The second-order valence-corrected chi connectivity index (χ2v) is 5.61. The van der Waals surface area contributed by atoms with E-state index in [1.807, 2.05) is 19.1 Å². The average molecular weight is 274 g/mol. The van der Waals surface area contributed by atoms with Crippen LogP contribution in [0.5, 0.6) is 0 Å². The van der Waals surface area contributed by atoms with Crippen molar-refractivity contribution in [2.45, 2.75) is 39.3 Å². The third kappa shape index (κ3) is 3.58. The Balaban J connectivity index is 2.92. The van der Waals surface area contributed by atoms with Crippen LogP contribution in [-0.2, 0) is 0 Å². The zero-order chi connectivity index (χ0) is 11.6. The molecule has 1 rings (SSSR count). The molecule has 0 aliphatic carbocycles. The van der Waals surface area contributed by atoms with E-state index in [1.165, 1.54) is 0 Å². The van der Waals surface area contributed by atoms with Gasteiger partial charge in [0.2, 0.25) is 0 Å². The van der Waals surface area contributed by atoms with Gasteiger partial charge < -0.3 is 5.32 Å². The summed E-state index contributed by atoms with van der Waals surface area (Å²) in [6.07, 6.45) is 0. The standard InChI is InChI=1S/C12H17BrFN/c1-8(15-12(2,3)4)9-6-5-7-10(13)11(9)14/h5-8,15H,1-4H3/t8-/m1/s1. The molecule has 0 saturated heterocycles. The van der Waals surface area contributed by atoms with Gasteiger partial charge in [0.15, 0.2) is 0 Å². The highest BCUT2D eigenvalue weighted by Gasteiger charge is 2.18. The van der Waals surface area contributed by atoms with Gasteiger partial charge >= 0.3 is 0 Å². The van der Waals surface area contributed by atoms with Crippen LogP contribution in [0.3, 0.4) is 0 Å². The molecule has 0 amide bonds. The molecule has 1 aromatic rings. The molecule has 84 valence electrons. The maximum absolute atomic E-state index is 13.7. The van der Waals surface area contributed by atoms with Gasteiger partial charge in [-0.05, 0) is 49.7 Å². The summed E-state index contributed by atoms with van der Waals surface area (Å²) in [5.41, 5.74) is 0.674. The molecule has 0 spiro atoms. The molecule has 0 aliphatic rings. The summed E-state index contributed by atoms with van der Waals surface area (Å²) in [7, 11) is 0. The second-order valence-electron chi connectivity index (χ2n) is 4.76. The lowest BCUT2D eigenvalue weighted by atomic mass is 10.0. The highest BCUT2D eigenvalue weighted by atomic mass is 79.9. The fraction of sp³-hybridized carbons (Fsp3) is 0.500. The molecule has 0 aromatic heterocycles. The molecule has 1 atom stereocenters. The monoisotopic (exact) mass is 273 g/mol. The molecule has 15 heavy (non-hydrogen) atoms. The minimum Gasteiger partial charge on any atom is -0.305 e. The van der Waals surface area contributed by atoms with Gasteiger partial charge in [-0.25, -0.2) is 4.39 Å². The van der Waals surface area contributed by atoms with Crippen LogP contribution in [0.2, 0.25) is 0 Å². The Morgan fingerprint density at radius 1 is 1.33 bits per heavy atom. The lowest BCUT2D eigenvalue weighted by Gasteiger charge is -2.26. The highest BCUT2D eigenvalue weighted by Crippen LogP contribution is 2.24. The molecule has 1 nitrogen and oxygen atoms in total. The molecular formula is C12H17BrFN. The summed E-state index contributed by atoms with van der Waals surface area (Å²) >= 11 is 3.19. The number of benzene rings is 1. The molecule has 0 unspecified atom stereocenters. The highest BCUT2D eigenvalue weighted by molar-refractivity contribution is 9.10. The van der Waals surface area contributed by atoms with Gasteiger partial charge in [-0.2, -0.15) is 0 Å². The van der Waals surface area contributed by atoms with E-state index >= 15 is 0 Å². The van der Waals surface area contributed by atoms with Crippen LogP contribution in [0.4, 0.5) is 4.39 Å². The van der Waals surface area contributed by atoms with Gasteiger partial charge in [0.05, 0.1) is 4.47 Å². The smallest absolute Gasteiger partial charge is 0.142 e. The van der Waals surface area contributed by atoms with Crippen molar-refractivity contribution >= 4 is 15.9 Å². The fourth-order valence-corrected chi connectivity index (χ4v) is 1.96. The Bertz CT molecular complexity index is 344. The minimum absolute atomic E-state index is 0.00231. The molecular weight excluding hydrogens is 257 g/mol. The van der Waals surface area contributed by atoms with E-state index in [4.69, 9.17) is 0 Å². The minimum atomic E-state index is -0.179. The van der Waals surface area contributed by atoms with Crippen molar-refractivity contribution < 1.29 is 4.39 Å². The summed E-state index contributed by atoms with van der Waals surface area (Å²) in [6, 6.07) is 5.37. The maximum atomic E-state index is 13.7. The normalized spacial score (nSPS) is 14.0. The molecule has 0 saturated carbocycles. The molecule has 0 bridgehead atoms. The van der Waals surface area contributed by atoms with Crippen LogP contribution in [0, 0.1) is 5.82 Å². The molecule has 0 fully saturated rings. The summed E-state index contributed by atoms with van der Waals surface area (Å²) in [4.78, 5) is 0. The second kappa shape index (κ2) is 4.62. The van der Waals surface area contributed by atoms with Crippen LogP contribution in [-0.4, -0.2) is 5.54 Å². The van der Waals surface area contributed by atoms with Gasteiger partial charge in [0, 0.05) is 17.1 Å². The summed E-state index contributed by atoms with van der Waals surface area (Å²) in [5.74, 6) is -0.179. The van der Waals surface area contributed by atoms with Crippen molar-refractivity contribution in [2.24, 2.45) is 0 Å². The van der Waals surface area contributed by atoms with Crippen molar-refractivity contribution in [3.63, 3.8) is 0 Å². The van der Waals surface area contributed by atoms with Gasteiger partial charge in [-0.1, -0.05) is 12.1 Å². The molecule has 0 heterocycles. The largest absolute Gasteiger partial charge is 0.305 e. The van der Waals surface area contributed by atoms with Crippen molar-refractivity contribution in [2.75, 3.05) is 0 Å². The first kappa shape index (κ1) is 12.7. The van der Waals surface area contributed by atoms with E-state index < -0.39 is 0 Å². The lowest BCUT2D eigenvalue weighted by Crippen LogP contribution is -2.37. The van der Waals surface area contributed by atoms with E-state index in [-0.39, 0.29) is 17.4 Å². The predicted molar refractivity (Wildman–Crippen MR) is 65.4 cm³/mol. The van der Waals surface area contributed by atoms with Gasteiger partial charge in [-0.3, -0.25) is 0 Å². The van der Waals surface area contributed by atoms with Crippen LogP contribution in [0.25, 0.3) is 0 Å². The van der Waals surface area contributed by atoms with Crippen LogP contribution >= 0.6 is 15.9 Å². The Labute approximate surface area is 99.2 Å². The number of hydrogen-bond donors (Lipinski definition) is 1. The SMILES string of the molecule is C[C@@H](NC(C)(C)C)c1cccc(Br)c1F. The number of halogens is 2.